The average Bonchev–Trinajstić information content (AvgIpc) is 2.49. The van der Waals surface area contributed by atoms with Crippen molar-refractivity contribution in [1.29, 1.82) is 0 Å². The number of fused-ring (bicyclic) bond motifs is 1. The van der Waals surface area contributed by atoms with Crippen LogP contribution in [0.5, 0.6) is 5.75 Å². The zero-order valence-corrected chi connectivity index (χ0v) is 13.1. The van der Waals surface area contributed by atoms with Gasteiger partial charge in [0, 0.05) is 22.8 Å². The summed E-state index contributed by atoms with van der Waals surface area (Å²) in [6.07, 6.45) is 0. The Balaban J connectivity index is 2.06. The lowest BCUT2D eigenvalue weighted by Gasteiger charge is -2.11. The Hall–Kier alpha value is -2.57. The van der Waals surface area contributed by atoms with Gasteiger partial charge in [-0.1, -0.05) is 24.3 Å². The van der Waals surface area contributed by atoms with E-state index in [9.17, 15) is 13.5 Å². The zero-order valence-electron chi connectivity index (χ0n) is 12.3. The SMILES string of the molecule is Cc1ccccc1Nc1ccc2cc(S(=O)(=O)O)cc(O)c2c1. The quantitative estimate of drug-likeness (QED) is 0.636. The molecule has 0 aliphatic carbocycles. The molecule has 3 aromatic rings. The maximum absolute atomic E-state index is 11.2. The lowest BCUT2D eigenvalue weighted by Crippen LogP contribution is -1.98. The van der Waals surface area contributed by atoms with E-state index < -0.39 is 10.1 Å². The Morgan fingerprint density at radius 2 is 1.74 bits per heavy atom. The molecule has 0 atom stereocenters. The topological polar surface area (TPSA) is 86.6 Å². The molecule has 0 spiro atoms. The molecule has 0 fully saturated rings. The van der Waals surface area contributed by atoms with Crippen LogP contribution in [-0.2, 0) is 10.1 Å². The van der Waals surface area contributed by atoms with Gasteiger partial charge in [-0.05, 0) is 42.1 Å². The number of anilines is 2. The number of phenolic OH excluding ortho intramolecular Hbond substituents is 1. The predicted octanol–water partition coefficient (Wildman–Crippen LogP) is 3.84. The minimum absolute atomic E-state index is 0.205. The van der Waals surface area contributed by atoms with Gasteiger partial charge < -0.3 is 10.4 Å². The van der Waals surface area contributed by atoms with Crippen molar-refractivity contribution in [2.45, 2.75) is 11.8 Å². The van der Waals surface area contributed by atoms with Crippen molar-refractivity contribution in [3.63, 3.8) is 0 Å². The molecule has 0 aromatic heterocycles. The van der Waals surface area contributed by atoms with Crippen molar-refractivity contribution < 1.29 is 18.1 Å². The van der Waals surface area contributed by atoms with Crippen LogP contribution in [0.25, 0.3) is 10.8 Å². The molecule has 5 nitrogen and oxygen atoms in total. The Morgan fingerprint density at radius 3 is 2.43 bits per heavy atom. The summed E-state index contributed by atoms with van der Waals surface area (Å²) in [7, 11) is -4.36. The molecule has 3 N–H and O–H groups in total. The number of aryl methyl sites for hydroxylation is 1. The maximum atomic E-state index is 11.2. The monoisotopic (exact) mass is 329 g/mol. The van der Waals surface area contributed by atoms with E-state index in [4.69, 9.17) is 4.55 Å². The van der Waals surface area contributed by atoms with E-state index in [0.29, 0.717) is 10.8 Å². The molecule has 0 heterocycles. The van der Waals surface area contributed by atoms with Gasteiger partial charge in [0.2, 0.25) is 0 Å². The number of phenols is 1. The molecule has 6 heteroatoms. The zero-order chi connectivity index (χ0) is 16.6. The van der Waals surface area contributed by atoms with Crippen molar-refractivity contribution >= 4 is 32.3 Å². The normalized spacial score (nSPS) is 11.6. The smallest absolute Gasteiger partial charge is 0.294 e. The van der Waals surface area contributed by atoms with Crippen LogP contribution >= 0.6 is 0 Å². The summed E-state index contributed by atoms with van der Waals surface area (Å²) in [5.41, 5.74) is 2.79. The first-order valence-corrected chi connectivity index (χ1v) is 8.35. The number of aromatic hydroxyl groups is 1. The van der Waals surface area contributed by atoms with E-state index >= 15 is 0 Å². The number of hydrogen-bond acceptors (Lipinski definition) is 4. The second-order valence-corrected chi connectivity index (χ2v) is 6.71. The van der Waals surface area contributed by atoms with Gasteiger partial charge in [-0.2, -0.15) is 8.42 Å². The molecule has 0 unspecified atom stereocenters. The van der Waals surface area contributed by atoms with Crippen LogP contribution in [-0.4, -0.2) is 18.1 Å². The highest BCUT2D eigenvalue weighted by Gasteiger charge is 2.13. The Labute approximate surface area is 134 Å². The minimum Gasteiger partial charge on any atom is -0.507 e. The Bertz CT molecular complexity index is 997. The van der Waals surface area contributed by atoms with Crippen LogP contribution in [0.4, 0.5) is 11.4 Å². The van der Waals surface area contributed by atoms with Crippen molar-refractivity contribution in [1.82, 2.24) is 0 Å². The van der Waals surface area contributed by atoms with E-state index in [1.807, 2.05) is 31.2 Å². The molecular weight excluding hydrogens is 314 g/mol. The molecule has 0 radical (unpaired) electrons. The molecule has 0 aliphatic heterocycles. The minimum atomic E-state index is -4.36. The molecule has 3 aromatic carbocycles. The van der Waals surface area contributed by atoms with Gasteiger partial charge in [0.05, 0.1) is 4.90 Å². The third kappa shape index (κ3) is 3.13. The molecule has 0 aliphatic rings. The maximum Gasteiger partial charge on any atom is 0.294 e. The second-order valence-electron chi connectivity index (χ2n) is 5.29. The van der Waals surface area contributed by atoms with E-state index in [1.54, 1.807) is 18.2 Å². The highest BCUT2D eigenvalue weighted by Crippen LogP contribution is 2.32. The van der Waals surface area contributed by atoms with Crippen LogP contribution in [0.15, 0.2) is 59.5 Å². The summed E-state index contributed by atoms with van der Waals surface area (Å²) in [5.74, 6) is -0.205. The highest BCUT2D eigenvalue weighted by molar-refractivity contribution is 7.85. The summed E-state index contributed by atoms with van der Waals surface area (Å²) >= 11 is 0. The molecule has 3 rings (SSSR count). The van der Waals surface area contributed by atoms with Gasteiger partial charge in [0.15, 0.2) is 0 Å². The van der Waals surface area contributed by atoms with Crippen LogP contribution in [0.1, 0.15) is 5.56 Å². The van der Waals surface area contributed by atoms with Gasteiger partial charge in [-0.3, -0.25) is 4.55 Å². The van der Waals surface area contributed by atoms with Gasteiger partial charge in [-0.25, -0.2) is 0 Å². The number of rotatable bonds is 3. The molecule has 23 heavy (non-hydrogen) atoms. The van der Waals surface area contributed by atoms with Crippen LogP contribution < -0.4 is 5.32 Å². The first-order chi connectivity index (χ1) is 10.8. The lowest BCUT2D eigenvalue weighted by atomic mass is 10.1. The fourth-order valence-corrected chi connectivity index (χ4v) is 2.94. The van der Waals surface area contributed by atoms with Crippen LogP contribution in [0.2, 0.25) is 0 Å². The predicted molar refractivity (Wildman–Crippen MR) is 89.9 cm³/mol. The van der Waals surface area contributed by atoms with E-state index in [-0.39, 0.29) is 10.6 Å². The standard InChI is InChI=1S/C17H15NO4S/c1-11-4-2-3-5-16(11)18-13-7-6-12-8-14(23(20,21)22)10-17(19)15(12)9-13/h2-10,18-19H,1H3,(H,20,21,22). The largest absolute Gasteiger partial charge is 0.507 e. The number of hydrogen-bond donors (Lipinski definition) is 3. The second kappa shape index (κ2) is 5.57. The summed E-state index contributed by atoms with van der Waals surface area (Å²) in [6.45, 7) is 1.99. The third-order valence-electron chi connectivity index (χ3n) is 3.63. The summed E-state index contributed by atoms with van der Waals surface area (Å²) in [5, 5.41) is 14.3. The van der Waals surface area contributed by atoms with Crippen LogP contribution in [0.3, 0.4) is 0 Å². The van der Waals surface area contributed by atoms with E-state index in [2.05, 4.69) is 5.32 Å². The molecular formula is C17H15NO4S. The Morgan fingerprint density at radius 1 is 1.00 bits per heavy atom. The molecule has 0 saturated carbocycles. The Kier molecular flexibility index (Phi) is 3.71. The van der Waals surface area contributed by atoms with Crippen molar-refractivity contribution in [2.75, 3.05) is 5.32 Å². The fourth-order valence-electron chi connectivity index (χ4n) is 2.41. The van der Waals surface area contributed by atoms with Crippen molar-refractivity contribution in [3.8, 4) is 5.75 Å². The molecule has 0 amide bonds. The van der Waals surface area contributed by atoms with Crippen molar-refractivity contribution in [2.24, 2.45) is 0 Å². The molecule has 0 saturated heterocycles. The summed E-state index contributed by atoms with van der Waals surface area (Å²) < 4.78 is 31.5. The van der Waals surface area contributed by atoms with E-state index in [1.165, 1.54) is 6.07 Å². The highest BCUT2D eigenvalue weighted by atomic mass is 32.2. The number of benzene rings is 3. The average molecular weight is 329 g/mol. The first-order valence-electron chi connectivity index (χ1n) is 6.91. The summed E-state index contributed by atoms with van der Waals surface area (Å²) in [6, 6.07) is 15.4. The third-order valence-corrected chi connectivity index (χ3v) is 4.46. The molecule has 118 valence electrons. The number of nitrogens with one attached hydrogen (secondary N) is 1. The van der Waals surface area contributed by atoms with Crippen molar-refractivity contribution in [3.05, 3.63) is 60.2 Å². The van der Waals surface area contributed by atoms with Gasteiger partial charge >= 0.3 is 0 Å². The van der Waals surface area contributed by atoms with Crippen LogP contribution in [0, 0.1) is 6.92 Å². The van der Waals surface area contributed by atoms with Gasteiger partial charge in [-0.15, -0.1) is 0 Å². The lowest BCUT2D eigenvalue weighted by molar-refractivity contribution is 0.471. The van der Waals surface area contributed by atoms with Gasteiger partial charge in [0.25, 0.3) is 10.1 Å². The number of para-hydroxylation sites is 1. The van der Waals surface area contributed by atoms with Gasteiger partial charge in [0.1, 0.15) is 5.75 Å². The van der Waals surface area contributed by atoms with E-state index in [0.717, 1.165) is 23.0 Å². The summed E-state index contributed by atoms with van der Waals surface area (Å²) in [4.78, 5) is -0.331. The first kappa shape index (κ1) is 15.3. The molecule has 0 bridgehead atoms. The fraction of sp³-hybridized carbons (Fsp3) is 0.0588.